The summed E-state index contributed by atoms with van der Waals surface area (Å²) in [7, 11) is 0. The van der Waals surface area contributed by atoms with Crippen molar-refractivity contribution < 1.29 is 19.8 Å². The van der Waals surface area contributed by atoms with Crippen LogP contribution >= 0.6 is 0 Å². The van der Waals surface area contributed by atoms with Gasteiger partial charge in [0.2, 0.25) is 0 Å². The van der Waals surface area contributed by atoms with Crippen LogP contribution in [0.5, 0.6) is 0 Å². The summed E-state index contributed by atoms with van der Waals surface area (Å²) in [5, 5.41) is 20.0. The van der Waals surface area contributed by atoms with E-state index in [0.29, 0.717) is 12.0 Å². The number of carbonyl (C=O) groups is 2. The Morgan fingerprint density at radius 1 is 1.30 bits per heavy atom. The first-order chi connectivity index (χ1) is 10.9. The number of aromatic nitrogens is 1. The third-order valence-corrected chi connectivity index (χ3v) is 4.69. The number of amides is 1. The number of aromatic amines is 1. The molecule has 0 aliphatic carbocycles. The predicted molar refractivity (Wildman–Crippen MR) is 85.5 cm³/mol. The molecule has 1 aromatic heterocycles. The van der Waals surface area contributed by atoms with Crippen LogP contribution in [0, 0.1) is 13.8 Å². The number of H-pyrrole nitrogens is 1. The highest BCUT2D eigenvalue weighted by Crippen LogP contribution is 2.27. The summed E-state index contributed by atoms with van der Waals surface area (Å²) in [6.45, 7) is 4.17. The van der Waals surface area contributed by atoms with Crippen LogP contribution in [0.4, 0.5) is 0 Å². The molecule has 6 heteroatoms. The van der Waals surface area contributed by atoms with Crippen LogP contribution in [0.1, 0.15) is 34.5 Å². The number of aliphatic hydroxyl groups excluding tert-OH is 1. The number of aliphatic carboxylic acids is 1. The number of nitrogens with one attached hydrogen (secondary N) is 1. The van der Waals surface area contributed by atoms with Crippen molar-refractivity contribution in [2.45, 2.75) is 38.8 Å². The van der Waals surface area contributed by atoms with Gasteiger partial charge in [0.1, 0.15) is 6.04 Å². The third-order valence-electron chi connectivity index (χ3n) is 4.69. The minimum atomic E-state index is -1.08. The zero-order valence-corrected chi connectivity index (χ0v) is 13.2. The van der Waals surface area contributed by atoms with Gasteiger partial charge in [-0.3, -0.25) is 4.79 Å². The number of aryl methyl sites for hydroxylation is 2. The molecule has 0 saturated carbocycles. The van der Waals surface area contributed by atoms with Gasteiger partial charge in [0, 0.05) is 24.0 Å². The van der Waals surface area contributed by atoms with Crippen LogP contribution in [0.3, 0.4) is 0 Å². The van der Waals surface area contributed by atoms with Crippen molar-refractivity contribution in [3.05, 3.63) is 35.0 Å². The van der Waals surface area contributed by atoms with E-state index in [4.69, 9.17) is 0 Å². The standard InChI is InChI=1S/C17H20N2O4/c1-9-10(2)18-15-12(9)4-3-5-13(15)16(21)19-7-6-11(20)8-14(19)17(22)23/h3-5,11,14,18,20H,6-8H2,1-2H3,(H,22,23)/t11-,14+/m1/s1. The van der Waals surface area contributed by atoms with E-state index in [0.717, 1.165) is 22.2 Å². The van der Waals surface area contributed by atoms with Gasteiger partial charge in [-0.2, -0.15) is 0 Å². The molecular formula is C17H20N2O4. The number of para-hydroxylation sites is 1. The van der Waals surface area contributed by atoms with Gasteiger partial charge in [0.05, 0.1) is 17.2 Å². The van der Waals surface area contributed by atoms with Crippen LogP contribution < -0.4 is 0 Å². The maximum absolute atomic E-state index is 12.9. The quantitative estimate of drug-likeness (QED) is 0.788. The van der Waals surface area contributed by atoms with Gasteiger partial charge in [0.25, 0.3) is 5.91 Å². The van der Waals surface area contributed by atoms with Crippen molar-refractivity contribution in [3.63, 3.8) is 0 Å². The minimum Gasteiger partial charge on any atom is -0.480 e. The number of carboxylic acids is 1. The van der Waals surface area contributed by atoms with Crippen molar-refractivity contribution in [3.8, 4) is 0 Å². The van der Waals surface area contributed by atoms with E-state index in [1.54, 1.807) is 6.07 Å². The van der Waals surface area contributed by atoms with Crippen molar-refractivity contribution in [1.82, 2.24) is 9.88 Å². The van der Waals surface area contributed by atoms with Gasteiger partial charge in [-0.1, -0.05) is 12.1 Å². The number of piperidine rings is 1. The maximum atomic E-state index is 12.9. The van der Waals surface area contributed by atoms with Crippen LogP contribution in [0.2, 0.25) is 0 Å². The predicted octanol–water partition coefficient (Wildman–Crippen LogP) is 1.83. The SMILES string of the molecule is Cc1[nH]c2c(C(=O)N3CC[C@@H](O)C[C@H]3C(=O)O)cccc2c1C. The fourth-order valence-electron chi connectivity index (χ4n) is 3.24. The molecule has 2 aromatic rings. The number of aliphatic hydroxyl groups is 1. The van der Waals surface area contributed by atoms with Gasteiger partial charge in [-0.25, -0.2) is 4.79 Å². The Kier molecular flexibility index (Phi) is 3.85. The van der Waals surface area contributed by atoms with E-state index < -0.39 is 18.1 Å². The largest absolute Gasteiger partial charge is 0.480 e. The van der Waals surface area contributed by atoms with E-state index in [1.807, 2.05) is 26.0 Å². The second-order valence-corrected chi connectivity index (χ2v) is 6.13. The average molecular weight is 316 g/mol. The van der Waals surface area contributed by atoms with Crippen molar-refractivity contribution in [2.75, 3.05) is 6.54 Å². The Bertz CT molecular complexity index is 780. The smallest absolute Gasteiger partial charge is 0.326 e. The minimum absolute atomic E-state index is 0.0693. The number of hydrogen-bond donors (Lipinski definition) is 3. The number of hydrogen-bond acceptors (Lipinski definition) is 3. The van der Waals surface area contributed by atoms with E-state index in [1.165, 1.54) is 4.90 Å². The molecule has 1 fully saturated rings. The zero-order valence-electron chi connectivity index (χ0n) is 13.2. The average Bonchev–Trinajstić information content (AvgIpc) is 2.81. The fourth-order valence-corrected chi connectivity index (χ4v) is 3.24. The molecule has 1 aromatic carbocycles. The first-order valence-electron chi connectivity index (χ1n) is 7.70. The van der Waals surface area contributed by atoms with Crippen LogP contribution in [0.25, 0.3) is 10.9 Å². The van der Waals surface area contributed by atoms with Crippen molar-refractivity contribution >= 4 is 22.8 Å². The number of likely N-dealkylation sites (tertiary alicyclic amines) is 1. The lowest BCUT2D eigenvalue weighted by Gasteiger charge is -2.35. The summed E-state index contributed by atoms with van der Waals surface area (Å²) < 4.78 is 0. The highest BCUT2D eigenvalue weighted by atomic mass is 16.4. The molecule has 1 amide bonds. The molecule has 1 aliphatic heterocycles. The van der Waals surface area contributed by atoms with Gasteiger partial charge in [0.15, 0.2) is 0 Å². The normalized spacial score (nSPS) is 21.6. The summed E-state index contributed by atoms with van der Waals surface area (Å²) in [4.78, 5) is 29.0. The van der Waals surface area contributed by atoms with E-state index >= 15 is 0 Å². The molecule has 0 radical (unpaired) electrons. The summed E-state index contributed by atoms with van der Waals surface area (Å²) in [6.07, 6.45) is -0.209. The molecule has 1 aliphatic rings. The molecule has 0 bridgehead atoms. The number of nitrogens with zero attached hydrogens (tertiary/aromatic N) is 1. The molecular weight excluding hydrogens is 296 g/mol. The Morgan fingerprint density at radius 3 is 2.74 bits per heavy atom. The fraction of sp³-hybridized carbons (Fsp3) is 0.412. The molecule has 6 nitrogen and oxygen atoms in total. The molecule has 122 valence electrons. The lowest BCUT2D eigenvalue weighted by Crippen LogP contribution is -2.51. The first kappa shape index (κ1) is 15.6. The summed E-state index contributed by atoms with van der Waals surface area (Å²) >= 11 is 0. The molecule has 3 N–H and O–H groups in total. The van der Waals surface area contributed by atoms with Crippen LogP contribution in [0.15, 0.2) is 18.2 Å². The van der Waals surface area contributed by atoms with Crippen LogP contribution in [-0.2, 0) is 4.79 Å². The molecule has 1 saturated heterocycles. The van der Waals surface area contributed by atoms with Gasteiger partial charge < -0.3 is 20.1 Å². The summed E-state index contributed by atoms with van der Waals surface area (Å²) in [5.41, 5.74) is 3.28. The molecule has 0 spiro atoms. The number of fused-ring (bicyclic) bond motifs is 1. The van der Waals surface area contributed by atoms with E-state index in [-0.39, 0.29) is 18.9 Å². The molecule has 2 heterocycles. The summed E-state index contributed by atoms with van der Waals surface area (Å²) in [5.74, 6) is -1.39. The Morgan fingerprint density at radius 2 is 2.04 bits per heavy atom. The van der Waals surface area contributed by atoms with E-state index in [9.17, 15) is 19.8 Å². The van der Waals surface area contributed by atoms with Gasteiger partial charge in [-0.15, -0.1) is 0 Å². The van der Waals surface area contributed by atoms with Crippen LogP contribution in [-0.4, -0.2) is 50.7 Å². The third kappa shape index (κ3) is 2.59. The lowest BCUT2D eigenvalue weighted by molar-refractivity contribution is -0.145. The number of benzene rings is 1. The second-order valence-electron chi connectivity index (χ2n) is 6.13. The Balaban J connectivity index is 2.03. The highest BCUT2D eigenvalue weighted by Gasteiger charge is 2.36. The number of carboxylic acid groups (broad SMARTS) is 1. The Labute approximate surface area is 133 Å². The van der Waals surface area contributed by atoms with Crippen molar-refractivity contribution in [1.29, 1.82) is 0 Å². The number of rotatable bonds is 2. The second kappa shape index (κ2) is 5.70. The molecule has 0 unspecified atom stereocenters. The molecule has 23 heavy (non-hydrogen) atoms. The number of carbonyl (C=O) groups excluding carboxylic acids is 1. The van der Waals surface area contributed by atoms with Gasteiger partial charge >= 0.3 is 5.97 Å². The first-order valence-corrected chi connectivity index (χ1v) is 7.70. The molecule has 2 atom stereocenters. The molecule has 3 rings (SSSR count). The van der Waals surface area contributed by atoms with E-state index in [2.05, 4.69) is 4.98 Å². The zero-order chi connectivity index (χ0) is 16.7. The topological polar surface area (TPSA) is 93.6 Å². The van der Waals surface area contributed by atoms with Crippen molar-refractivity contribution in [2.24, 2.45) is 0 Å². The highest BCUT2D eigenvalue weighted by molar-refractivity contribution is 6.07. The van der Waals surface area contributed by atoms with Gasteiger partial charge in [-0.05, 0) is 31.9 Å². The Hall–Kier alpha value is -2.34. The monoisotopic (exact) mass is 316 g/mol. The summed E-state index contributed by atoms with van der Waals surface area (Å²) in [6, 6.07) is 4.48. The lowest BCUT2D eigenvalue weighted by atomic mass is 9.98. The maximum Gasteiger partial charge on any atom is 0.326 e.